The number of hydrogen-bond acceptors (Lipinski definition) is 2. The van der Waals surface area contributed by atoms with Gasteiger partial charge < -0.3 is 9.64 Å². The molecule has 17 heavy (non-hydrogen) atoms. The first-order valence-electron chi connectivity index (χ1n) is 5.26. The SMILES string of the molecule is FC(F)(F)Oc1ccc(Br)c(N2CCCC2)c1. The van der Waals surface area contributed by atoms with E-state index in [9.17, 15) is 13.2 Å². The van der Waals surface area contributed by atoms with Crippen molar-refractivity contribution in [2.45, 2.75) is 19.2 Å². The zero-order valence-corrected chi connectivity index (χ0v) is 10.5. The predicted molar refractivity (Wildman–Crippen MR) is 62.3 cm³/mol. The number of anilines is 1. The van der Waals surface area contributed by atoms with E-state index in [1.54, 1.807) is 6.07 Å². The molecule has 0 spiro atoms. The summed E-state index contributed by atoms with van der Waals surface area (Å²) in [6.07, 6.45) is -2.51. The molecule has 0 aliphatic carbocycles. The van der Waals surface area contributed by atoms with Crippen LogP contribution in [0.4, 0.5) is 18.9 Å². The van der Waals surface area contributed by atoms with Crippen molar-refractivity contribution < 1.29 is 17.9 Å². The van der Waals surface area contributed by atoms with Crippen molar-refractivity contribution in [3.63, 3.8) is 0 Å². The molecular formula is C11H11BrF3NO. The van der Waals surface area contributed by atoms with Gasteiger partial charge in [-0.15, -0.1) is 13.2 Å². The van der Waals surface area contributed by atoms with Gasteiger partial charge in [0.05, 0.1) is 5.69 Å². The second-order valence-corrected chi connectivity index (χ2v) is 4.71. The summed E-state index contributed by atoms with van der Waals surface area (Å²) in [5.41, 5.74) is 0.754. The van der Waals surface area contributed by atoms with Gasteiger partial charge in [-0.1, -0.05) is 0 Å². The number of rotatable bonds is 2. The Kier molecular flexibility index (Phi) is 3.51. The lowest BCUT2D eigenvalue weighted by Gasteiger charge is -2.20. The lowest BCUT2D eigenvalue weighted by atomic mass is 10.3. The Morgan fingerprint density at radius 3 is 2.41 bits per heavy atom. The monoisotopic (exact) mass is 309 g/mol. The van der Waals surface area contributed by atoms with Crippen molar-refractivity contribution in [3.05, 3.63) is 22.7 Å². The Morgan fingerprint density at radius 1 is 1.18 bits per heavy atom. The highest BCUT2D eigenvalue weighted by Crippen LogP contribution is 2.34. The second-order valence-electron chi connectivity index (χ2n) is 3.86. The molecule has 94 valence electrons. The molecule has 0 saturated carbocycles. The number of benzene rings is 1. The van der Waals surface area contributed by atoms with Gasteiger partial charge in [-0.05, 0) is 40.9 Å². The van der Waals surface area contributed by atoms with Gasteiger partial charge in [-0.2, -0.15) is 0 Å². The quantitative estimate of drug-likeness (QED) is 0.820. The highest BCUT2D eigenvalue weighted by atomic mass is 79.9. The van der Waals surface area contributed by atoms with Crippen LogP contribution in [0, 0.1) is 0 Å². The largest absolute Gasteiger partial charge is 0.573 e. The first-order valence-corrected chi connectivity index (χ1v) is 6.05. The smallest absolute Gasteiger partial charge is 0.406 e. The molecular weight excluding hydrogens is 299 g/mol. The van der Waals surface area contributed by atoms with Gasteiger partial charge in [0.2, 0.25) is 0 Å². The van der Waals surface area contributed by atoms with Crippen LogP contribution in [0.2, 0.25) is 0 Å². The van der Waals surface area contributed by atoms with Crippen LogP contribution in [-0.2, 0) is 0 Å². The first-order chi connectivity index (χ1) is 7.96. The average molecular weight is 310 g/mol. The Morgan fingerprint density at radius 2 is 1.82 bits per heavy atom. The van der Waals surface area contributed by atoms with Crippen molar-refractivity contribution in [1.82, 2.24) is 0 Å². The molecule has 2 nitrogen and oxygen atoms in total. The number of nitrogens with zero attached hydrogens (tertiary/aromatic N) is 1. The lowest BCUT2D eigenvalue weighted by molar-refractivity contribution is -0.274. The minimum Gasteiger partial charge on any atom is -0.406 e. The van der Waals surface area contributed by atoms with E-state index in [4.69, 9.17) is 0 Å². The maximum Gasteiger partial charge on any atom is 0.573 e. The van der Waals surface area contributed by atoms with Crippen molar-refractivity contribution in [2.24, 2.45) is 0 Å². The standard InChI is InChI=1S/C11H11BrF3NO/c12-9-4-3-8(17-11(13,14)15)7-10(9)16-5-1-2-6-16/h3-4,7H,1-2,5-6H2. The lowest BCUT2D eigenvalue weighted by Crippen LogP contribution is -2.20. The molecule has 1 heterocycles. The Balaban J connectivity index is 2.22. The molecule has 1 saturated heterocycles. The van der Waals surface area contributed by atoms with Gasteiger partial charge in [0.1, 0.15) is 5.75 Å². The number of ether oxygens (including phenoxy) is 1. The highest BCUT2D eigenvalue weighted by Gasteiger charge is 2.31. The van der Waals surface area contributed by atoms with Gasteiger partial charge in [0, 0.05) is 23.6 Å². The third-order valence-corrected chi connectivity index (χ3v) is 3.27. The van der Waals surface area contributed by atoms with Crippen LogP contribution in [0.15, 0.2) is 22.7 Å². The van der Waals surface area contributed by atoms with Gasteiger partial charge in [-0.25, -0.2) is 0 Å². The summed E-state index contributed by atoms with van der Waals surface area (Å²) in [4.78, 5) is 2.05. The van der Waals surface area contributed by atoms with Crippen LogP contribution in [0.5, 0.6) is 5.75 Å². The molecule has 0 bridgehead atoms. The summed E-state index contributed by atoms with van der Waals surface area (Å²) >= 11 is 3.34. The third kappa shape index (κ3) is 3.28. The van der Waals surface area contributed by atoms with Gasteiger partial charge in [0.15, 0.2) is 0 Å². The fraction of sp³-hybridized carbons (Fsp3) is 0.455. The highest BCUT2D eigenvalue weighted by molar-refractivity contribution is 9.10. The molecule has 6 heteroatoms. The number of hydrogen-bond donors (Lipinski definition) is 0. The molecule has 0 aromatic heterocycles. The van der Waals surface area contributed by atoms with Gasteiger partial charge >= 0.3 is 6.36 Å². The minimum atomic E-state index is -4.64. The number of halogens is 4. The summed E-state index contributed by atoms with van der Waals surface area (Å²) < 4.78 is 41.0. The molecule has 1 aromatic carbocycles. The van der Waals surface area contributed by atoms with E-state index >= 15 is 0 Å². The van der Waals surface area contributed by atoms with Crippen molar-refractivity contribution in [2.75, 3.05) is 18.0 Å². The third-order valence-electron chi connectivity index (χ3n) is 2.60. The topological polar surface area (TPSA) is 12.5 Å². The minimum absolute atomic E-state index is 0.178. The summed E-state index contributed by atoms with van der Waals surface area (Å²) in [6, 6.07) is 4.30. The summed E-state index contributed by atoms with van der Waals surface area (Å²) in [5.74, 6) is -0.178. The second kappa shape index (κ2) is 4.76. The van der Waals surface area contributed by atoms with E-state index in [1.807, 2.05) is 4.90 Å². The molecule has 0 radical (unpaired) electrons. The summed E-state index contributed by atoms with van der Waals surface area (Å²) in [5, 5.41) is 0. The van der Waals surface area contributed by atoms with Crippen molar-refractivity contribution >= 4 is 21.6 Å². The Hall–Kier alpha value is -0.910. The molecule has 1 aliphatic heterocycles. The van der Waals surface area contributed by atoms with E-state index < -0.39 is 6.36 Å². The van der Waals surface area contributed by atoms with Gasteiger partial charge in [-0.3, -0.25) is 0 Å². The van der Waals surface area contributed by atoms with Crippen LogP contribution < -0.4 is 9.64 Å². The zero-order chi connectivity index (χ0) is 12.5. The van der Waals surface area contributed by atoms with Crippen molar-refractivity contribution in [3.8, 4) is 5.75 Å². The Bertz CT molecular complexity index is 402. The fourth-order valence-corrected chi connectivity index (χ4v) is 2.39. The van der Waals surface area contributed by atoms with E-state index in [0.717, 1.165) is 36.1 Å². The molecule has 2 rings (SSSR count). The summed E-state index contributed by atoms with van der Waals surface area (Å²) in [6.45, 7) is 1.74. The molecule has 1 aliphatic rings. The van der Waals surface area contributed by atoms with Crippen LogP contribution >= 0.6 is 15.9 Å². The van der Waals surface area contributed by atoms with E-state index in [2.05, 4.69) is 20.7 Å². The van der Waals surface area contributed by atoms with E-state index in [0.29, 0.717) is 0 Å². The predicted octanol–water partition coefficient (Wildman–Crippen LogP) is 3.95. The van der Waals surface area contributed by atoms with Crippen LogP contribution in [0.25, 0.3) is 0 Å². The van der Waals surface area contributed by atoms with E-state index in [1.165, 1.54) is 12.1 Å². The molecule has 1 fully saturated rings. The van der Waals surface area contributed by atoms with E-state index in [-0.39, 0.29) is 5.75 Å². The van der Waals surface area contributed by atoms with Crippen LogP contribution in [-0.4, -0.2) is 19.5 Å². The van der Waals surface area contributed by atoms with Crippen LogP contribution in [0.1, 0.15) is 12.8 Å². The number of alkyl halides is 3. The summed E-state index contributed by atoms with van der Waals surface area (Å²) in [7, 11) is 0. The zero-order valence-electron chi connectivity index (χ0n) is 8.93. The molecule has 1 aromatic rings. The van der Waals surface area contributed by atoms with Crippen LogP contribution in [0.3, 0.4) is 0 Å². The maximum absolute atomic E-state index is 12.1. The molecule has 0 amide bonds. The molecule has 0 atom stereocenters. The molecule has 0 unspecified atom stereocenters. The molecule has 0 N–H and O–H groups in total. The fourth-order valence-electron chi connectivity index (χ4n) is 1.89. The maximum atomic E-state index is 12.1. The van der Waals surface area contributed by atoms with Crippen molar-refractivity contribution in [1.29, 1.82) is 0 Å². The Labute approximate surface area is 105 Å². The van der Waals surface area contributed by atoms with Gasteiger partial charge in [0.25, 0.3) is 0 Å². The average Bonchev–Trinajstić information content (AvgIpc) is 2.72. The first kappa shape index (κ1) is 12.5. The normalized spacial score (nSPS) is 16.4.